The van der Waals surface area contributed by atoms with Crippen molar-refractivity contribution < 1.29 is 17.9 Å². The van der Waals surface area contributed by atoms with Crippen LogP contribution in [0, 0.1) is 6.92 Å². The van der Waals surface area contributed by atoms with Crippen LogP contribution in [0.2, 0.25) is 0 Å². The third kappa shape index (κ3) is 5.88. The highest BCUT2D eigenvalue weighted by atomic mass is 32.2. The first-order chi connectivity index (χ1) is 9.09. The fourth-order valence-electron chi connectivity index (χ4n) is 1.39. The Morgan fingerprint density at radius 2 is 1.85 bits per heavy atom. The van der Waals surface area contributed by atoms with Gasteiger partial charge >= 0.3 is 6.09 Å². The number of nitrogens with one attached hydrogen (secondary N) is 1. The average molecular weight is 297 g/mol. The lowest BCUT2D eigenvalue weighted by Gasteiger charge is -2.19. The van der Waals surface area contributed by atoms with Crippen molar-refractivity contribution in [2.45, 2.75) is 33.3 Å². The third-order valence-electron chi connectivity index (χ3n) is 2.24. The molecule has 1 aromatic carbocycles. The molecular formula is C14H19NO4S. The molecule has 0 aliphatic rings. The van der Waals surface area contributed by atoms with Crippen LogP contribution in [0.3, 0.4) is 0 Å². The molecule has 0 atom stereocenters. The normalized spacial score (nSPS) is 12.4. The van der Waals surface area contributed by atoms with Crippen LogP contribution in [0.25, 0.3) is 6.08 Å². The first-order valence-electron chi connectivity index (χ1n) is 6.08. The van der Waals surface area contributed by atoms with Crippen molar-refractivity contribution >= 4 is 22.2 Å². The summed E-state index contributed by atoms with van der Waals surface area (Å²) in [4.78, 5) is 11.4. The second kappa shape index (κ2) is 6.09. The van der Waals surface area contributed by atoms with Gasteiger partial charge in [-0.1, -0.05) is 24.3 Å². The van der Waals surface area contributed by atoms with E-state index in [1.165, 1.54) is 6.08 Å². The Kier molecular flexibility index (Phi) is 4.94. The quantitative estimate of drug-likeness (QED) is 0.931. The zero-order valence-corrected chi connectivity index (χ0v) is 12.8. The fourth-order valence-corrected chi connectivity index (χ4v) is 2.05. The number of carbonyl (C=O) groups excluding carboxylic acids is 1. The summed E-state index contributed by atoms with van der Waals surface area (Å²) >= 11 is 0. The molecule has 1 aromatic rings. The lowest BCUT2D eigenvalue weighted by molar-refractivity contribution is 0.0571. The highest BCUT2D eigenvalue weighted by Gasteiger charge is 2.19. The second-order valence-electron chi connectivity index (χ2n) is 5.31. The minimum absolute atomic E-state index is 0.751. The minimum Gasteiger partial charge on any atom is -0.443 e. The van der Waals surface area contributed by atoms with E-state index in [1.54, 1.807) is 32.9 Å². The Morgan fingerprint density at radius 3 is 2.40 bits per heavy atom. The lowest BCUT2D eigenvalue weighted by atomic mass is 10.1. The van der Waals surface area contributed by atoms with Gasteiger partial charge in [-0.25, -0.2) is 17.9 Å². The molecule has 20 heavy (non-hydrogen) atoms. The Morgan fingerprint density at radius 1 is 1.25 bits per heavy atom. The van der Waals surface area contributed by atoms with Crippen LogP contribution in [0.1, 0.15) is 31.9 Å². The SMILES string of the molecule is Cc1ccccc1/C=C/S(=O)(=O)NC(=O)OC(C)(C)C. The monoisotopic (exact) mass is 297 g/mol. The third-order valence-corrected chi connectivity index (χ3v) is 3.19. The van der Waals surface area contributed by atoms with Crippen LogP contribution in [0.4, 0.5) is 4.79 Å². The number of ether oxygens (including phenoxy) is 1. The largest absolute Gasteiger partial charge is 0.443 e. The van der Waals surface area contributed by atoms with Crippen molar-refractivity contribution in [3.05, 3.63) is 40.8 Å². The highest BCUT2D eigenvalue weighted by Crippen LogP contribution is 2.10. The maximum absolute atomic E-state index is 11.7. The zero-order chi connectivity index (χ0) is 15.4. The summed E-state index contributed by atoms with van der Waals surface area (Å²) in [7, 11) is -3.87. The average Bonchev–Trinajstić information content (AvgIpc) is 2.24. The van der Waals surface area contributed by atoms with Crippen molar-refractivity contribution in [2.24, 2.45) is 0 Å². The molecule has 0 radical (unpaired) electrons. The molecule has 0 saturated heterocycles. The smallest absolute Gasteiger partial charge is 0.421 e. The van der Waals surface area contributed by atoms with Crippen LogP contribution < -0.4 is 4.72 Å². The standard InChI is InChI=1S/C14H19NO4S/c1-11-7-5-6-8-12(11)9-10-20(17,18)15-13(16)19-14(2,3)4/h5-10H,1-4H3,(H,15,16)/b10-9+. The molecule has 0 unspecified atom stereocenters. The molecule has 0 aliphatic carbocycles. The van der Waals surface area contributed by atoms with Gasteiger partial charge in [0.15, 0.2) is 0 Å². The Balaban J connectivity index is 2.76. The van der Waals surface area contributed by atoms with E-state index in [2.05, 4.69) is 0 Å². The van der Waals surface area contributed by atoms with E-state index >= 15 is 0 Å². The van der Waals surface area contributed by atoms with Gasteiger partial charge in [-0.05, 0) is 44.9 Å². The van der Waals surface area contributed by atoms with Gasteiger partial charge in [-0.2, -0.15) is 0 Å². The van der Waals surface area contributed by atoms with Crippen molar-refractivity contribution in [1.29, 1.82) is 0 Å². The molecule has 0 saturated carbocycles. The molecule has 0 heterocycles. The molecule has 110 valence electrons. The Bertz CT molecular complexity index is 612. The van der Waals surface area contributed by atoms with Gasteiger partial charge in [-0.3, -0.25) is 0 Å². The minimum atomic E-state index is -3.87. The molecule has 0 fully saturated rings. The predicted molar refractivity (Wildman–Crippen MR) is 78.5 cm³/mol. The molecule has 1 rings (SSSR count). The van der Waals surface area contributed by atoms with E-state index in [1.807, 2.05) is 23.8 Å². The molecule has 5 nitrogen and oxygen atoms in total. The summed E-state index contributed by atoms with van der Waals surface area (Å²) < 4.78 is 30.1. The van der Waals surface area contributed by atoms with Crippen molar-refractivity contribution in [1.82, 2.24) is 4.72 Å². The summed E-state index contributed by atoms with van der Waals surface area (Å²) in [5.74, 6) is 0. The van der Waals surface area contributed by atoms with Crippen LogP contribution in [-0.4, -0.2) is 20.1 Å². The molecule has 1 N–H and O–H groups in total. The Hall–Kier alpha value is -1.82. The summed E-state index contributed by atoms with van der Waals surface area (Å²) in [5, 5.41) is 0.944. The molecule has 6 heteroatoms. The van der Waals surface area contributed by atoms with Gasteiger partial charge in [0, 0.05) is 0 Å². The molecule has 0 aromatic heterocycles. The number of sulfonamides is 1. The Labute approximate surface area is 119 Å². The number of carbonyl (C=O) groups is 1. The summed E-state index contributed by atoms with van der Waals surface area (Å²) in [5.41, 5.74) is 0.956. The van der Waals surface area contributed by atoms with Gasteiger partial charge < -0.3 is 4.74 Å². The highest BCUT2D eigenvalue weighted by molar-refractivity contribution is 7.93. The predicted octanol–water partition coefficient (Wildman–Crippen LogP) is 2.82. The molecule has 1 amide bonds. The first kappa shape index (κ1) is 16.2. The van der Waals surface area contributed by atoms with Crippen LogP contribution in [0.15, 0.2) is 29.7 Å². The number of aryl methyl sites for hydroxylation is 1. The van der Waals surface area contributed by atoms with E-state index in [9.17, 15) is 13.2 Å². The van der Waals surface area contributed by atoms with Gasteiger partial charge in [0.05, 0.1) is 5.41 Å². The second-order valence-corrected chi connectivity index (χ2v) is 6.87. The first-order valence-corrected chi connectivity index (χ1v) is 7.63. The van der Waals surface area contributed by atoms with Gasteiger partial charge in [0.2, 0.25) is 0 Å². The van der Waals surface area contributed by atoms with Crippen molar-refractivity contribution in [3.8, 4) is 0 Å². The van der Waals surface area contributed by atoms with Gasteiger partial charge in [-0.15, -0.1) is 0 Å². The van der Waals surface area contributed by atoms with Gasteiger partial charge in [0.25, 0.3) is 10.0 Å². The number of hydrogen-bond acceptors (Lipinski definition) is 4. The van der Waals surface area contributed by atoms with E-state index < -0.39 is 21.7 Å². The number of rotatable bonds is 3. The van der Waals surface area contributed by atoms with Crippen LogP contribution in [-0.2, 0) is 14.8 Å². The maximum atomic E-state index is 11.7. The van der Waals surface area contributed by atoms with Crippen molar-refractivity contribution in [2.75, 3.05) is 0 Å². The van der Waals surface area contributed by atoms with E-state index in [0.717, 1.165) is 16.5 Å². The number of hydrogen-bond donors (Lipinski definition) is 1. The molecule has 0 aliphatic heterocycles. The van der Waals surface area contributed by atoms with E-state index in [-0.39, 0.29) is 0 Å². The molecule has 0 spiro atoms. The zero-order valence-electron chi connectivity index (χ0n) is 12.0. The van der Waals surface area contributed by atoms with Crippen LogP contribution >= 0.6 is 0 Å². The summed E-state index contributed by atoms with van der Waals surface area (Å²) in [6, 6.07) is 7.32. The topological polar surface area (TPSA) is 72.5 Å². The van der Waals surface area contributed by atoms with E-state index in [0.29, 0.717) is 0 Å². The summed E-state index contributed by atoms with van der Waals surface area (Å²) in [6.45, 7) is 6.83. The van der Waals surface area contributed by atoms with E-state index in [4.69, 9.17) is 4.74 Å². The maximum Gasteiger partial charge on any atom is 0.421 e. The van der Waals surface area contributed by atoms with Crippen LogP contribution in [0.5, 0.6) is 0 Å². The summed E-state index contributed by atoms with van der Waals surface area (Å²) in [6.07, 6.45) is 0.439. The number of amides is 1. The van der Waals surface area contributed by atoms with Crippen molar-refractivity contribution in [3.63, 3.8) is 0 Å². The van der Waals surface area contributed by atoms with Gasteiger partial charge in [0.1, 0.15) is 5.60 Å². The molecule has 0 bridgehead atoms. The lowest BCUT2D eigenvalue weighted by Crippen LogP contribution is -2.35. The molecular weight excluding hydrogens is 278 g/mol. The fraction of sp³-hybridized carbons (Fsp3) is 0.357. The number of benzene rings is 1.